The molecule has 0 fully saturated rings. The molecule has 0 heterocycles. The summed E-state index contributed by atoms with van der Waals surface area (Å²) < 4.78 is 34.2. The highest BCUT2D eigenvalue weighted by molar-refractivity contribution is 7.45. The molecule has 0 saturated heterocycles. The molecule has 9 nitrogen and oxygen atoms in total. The molecule has 0 amide bonds. The number of likely N-dealkylation sites (N-methyl/N-ethyl adjacent to an activating group) is 1. The lowest BCUT2D eigenvalue weighted by Gasteiger charge is -2.28. The minimum absolute atomic E-state index is 0.0377. The average Bonchev–Trinajstić information content (AvgIpc) is 3.41. The van der Waals surface area contributed by atoms with E-state index in [1.807, 2.05) is 21.1 Å². The predicted octanol–water partition coefficient (Wildman–Crippen LogP) is 20.4. The normalized spacial score (nSPS) is 13.7. The monoisotopic (exact) mass is 1130 g/mol. The van der Waals surface area contributed by atoms with E-state index in [1.54, 1.807) is 0 Å². The van der Waals surface area contributed by atoms with Gasteiger partial charge in [0, 0.05) is 12.8 Å². The minimum Gasteiger partial charge on any atom is -0.756 e. The molecule has 0 saturated carbocycles. The Kier molecular flexibility index (Phi) is 57.7. The molecular formula is C69H124NO8P. The number of carbonyl (C=O) groups excluding carboxylic acids is 2. The number of phosphoric ester groups is 1. The summed E-state index contributed by atoms with van der Waals surface area (Å²) in [5.74, 6) is -0.849. The largest absolute Gasteiger partial charge is 0.756 e. The lowest BCUT2D eigenvalue weighted by Crippen LogP contribution is -2.37. The Morgan fingerprint density at radius 2 is 0.722 bits per heavy atom. The number of esters is 2. The van der Waals surface area contributed by atoms with Gasteiger partial charge >= 0.3 is 11.9 Å². The van der Waals surface area contributed by atoms with Crippen molar-refractivity contribution in [2.75, 3.05) is 47.5 Å². The van der Waals surface area contributed by atoms with Gasteiger partial charge in [-0.15, -0.1) is 0 Å². The van der Waals surface area contributed by atoms with Gasteiger partial charge in [-0.05, 0) is 70.6 Å². The number of hydrogen-bond acceptors (Lipinski definition) is 8. The van der Waals surface area contributed by atoms with Gasteiger partial charge in [-0.3, -0.25) is 14.2 Å². The van der Waals surface area contributed by atoms with E-state index in [9.17, 15) is 19.0 Å². The molecule has 0 aromatic rings. The Bertz CT molecular complexity index is 1610. The van der Waals surface area contributed by atoms with Crippen LogP contribution in [0.5, 0.6) is 0 Å². The van der Waals surface area contributed by atoms with Gasteiger partial charge in [0.2, 0.25) is 0 Å². The zero-order chi connectivity index (χ0) is 57.7. The van der Waals surface area contributed by atoms with Crippen LogP contribution in [0.4, 0.5) is 0 Å². The first kappa shape index (κ1) is 76.2. The van der Waals surface area contributed by atoms with Crippen molar-refractivity contribution in [2.45, 2.75) is 296 Å². The number of rotatable bonds is 60. The van der Waals surface area contributed by atoms with Gasteiger partial charge in [0.05, 0.1) is 27.7 Å². The molecule has 0 radical (unpaired) electrons. The summed E-state index contributed by atoms with van der Waals surface area (Å²) in [5.41, 5.74) is 0. The van der Waals surface area contributed by atoms with E-state index >= 15 is 0 Å². The Balaban J connectivity index is 4.13. The summed E-state index contributed by atoms with van der Waals surface area (Å²) in [5, 5.41) is 0. The van der Waals surface area contributed by atoms with Crippen LogP contribution in [0.3, 0.4) is 0 Å². The van der Waals surface area contributed by atoms with E-state index in [2.05, 4.69) is 98.9 Å². The van der Waals surface area contributed by atoms with Gasteiger partial charge in [-0.2, -0.15) is 0 Å². The Morgan fingerprint density at radius 3 is 1.08 bits per heavy atom. The number of allylic oxidation sites excluding steroid dienone is 14. The van der Waals surface area contributed by atoms with Crippen molar-refractivity contribution in [3.05, 3.63) is 85.1 Å². The molecule has 0 aliphatic carbocycles. The van der Waals surface area contributed by atoms with Gasteiger partial charge in [0.15, 0.2) is 6.10 Å². The fourth-order valence-electron chi connectivity index (χ4n) is 9.17. The molecule has 0 aromatic heterocycles. The molecule has 0 aromatic carbocycles. The van der Waals surface area contributed by atoms with Gasteiger partial charge in [-0.25, -0.2) is 0 Å². The highest BCUT2D eigenvalue weighted by atomic mass is 31.2. The molecule has 0 aliphatic heterocycles. The van der Waals surface area contributed by atoms with Crippen LogP contribution in [0.1, 0.15) is 290 Å². The molecule has 0 spiro atoms. The maximum Gasteiger partial charge on any atom is 0.306 e. The van der Waals surface area contributed by atoms with Crippen LogP contribution in [0.15, 0.2) is 85.1 Å². The third kappa shape index (κ3) is 64.2. The van der Waals surface area contributed by atoms with E-state index in [0.717, 1.165) is 96.3 Å². The van der Waals surface area contributed by atoms with Gasteiger partial charge in [-0.1, -0.05) is 292 Å². The van der Waals surface area contributed by atoms with Crippen LogP contribution in [-0.2, 0) is 32.7 Å². The maximum absolute atomic E-state index is 12.8. The van der Waals surface area contributed by atoms with Crippen molar-refractivity contribution in [3.63, 3.8) is 0 Å². The summed E-state index contributed by atoms with van der Waals surface area (Å²) in [4.78, 5) is 38.0. The molecule has 10 heteroatoms. The number of hydrogen-bond donors (Lipinski definition) is 0. The maximum atomic E-state index is 12.8. The molecule has 2 unspecified atom stereocenters. The number of ether oxygens (including phenoxy) is 2. The van der Waals surface area contributed by atoms with Crippen LogP contribution < -0.4 is 4.89 Å². The summed E-state index contributed by atoms with van der Waals surface area (Å²) in [6.07, 6.45) is 80.8. The topological polar surface area (TPSA) is 111 Å². The Hall–Kier alpha value is -2.81. The molecule has 0 aliphatic rings. The van der Waals surface area contributed by atoms with Crippen LogP contribution in [0.25, 0.3) is 0 Å². The van der Waals surface area contributed by atoms with E-state index in [4.69, 9.17) is 18.5 Å². The van der Waals surface area contributed by atoms with Gasteiger partial charge < -0.3 is 27.9 Å². The molecule has 0 N–H and O–H groups in total. The molecule has 458 valence electrons. The van der Waals surface area contributed by atoms with Gasteiger partial charge in [0.1, 0.15) is 19.8 Å². The van der Waals surface area contributed by atoms with Crippen LogP contribution in [0, 0.1) is 0 Å². The zero-order valence-corrected chi connectivity index (χ0v) is 52.9. The molecular weight excluding hydrogens is 1000 g/mol. The second kappa shape index (κ2) is 59.8. The summed E-state index contributed by atoms with van der Waals surface area (Å²) in [7, 11) is 1.15. The van der Waals surface area contributed by atoms with Crippen LogP contribution in [0.2, 0.25) is 0 Å². The minimum atomic E-state index is -4.65. The zero-order valence-electron chi connectivity index (χ0n) is 52.1. The summed E-state index contributed by atoms with van der Waals surface area (Å²) >= 11 is 0. The van der Waals surface area contributed by atoms with E-state index in [0.29, 0.717) is 17.4 Å². The average molecular weight is 1130 g/mol. The number of unbranched alkanes of at least 4 members (excludes halogenated alkanes) is 32. The Morgan fingerprint density at radius 1 is 0.405 bits per heavy atom. The SMILES string of the molecule is CC/C=C\C/C=C\C/C=C\C/C=C\C/C=C\C/C=C\C/C=C\CCCCCCCC(=O)OC(COC(=O)CCCCCCCCCCCCCCCCCCCCCCCCCCCCCC)COP(=O)([O-])OCC[N+](C)(C)C. The fraction of sp³-hybridized carbons (Fsp3) is 0.768. The standard InChI is InChI=1S/C69H124NO8P/c1-6-8-10-12-14-16-18-20-22-24-26-28-30-32-34-36-37-39-41-43-45-47-49-51-53-55-57-59-61-68(71)75-65-67(66-77-79(73,74)76-64-63-70(3,4)5)78-69(72)62-60-58-56-54-52-50-48-46-44-42-40-38-35-33-31-29-27-25-23-21-19-17-15-13-11-9-7-2/h9,11,15,17,21,23,27,29,33,35,40,42,46,48,67H,6-8,10,12-14,16,18-20,22,24-26,28,30-32,34,36-39,41,43-45,47,49-66H2,1-5H3/b11-9-,17-15-,23-21-,29-27-,35-33-,42-40-,48-46-. The smallest absolute Gasteiger partial charge is 0.306 e. The van der Waals surface area contributed by atoms with E-state index in [1.165, 1.54) is 161 Å². The Labute approximate surface area is 488 Å². The van der Waals surface area contributed by atoms with Crippen molar-refractivity contribution in [2.24, 2.45) is 0 Å². The van der Waals surface area contributed by atoms with Crippen LogP contribution in [-0.4, -0.2) is 70.0 Å². The molecule has 79 heavy (non-hydrogen) atoms. The van der Waals surface area contributed by atoms with Crippen molar-refractivity contribution >= 4 is 19.8 Å². The van der Waals surface area contributed by atoms with E-state index < -0.39 is 26.5 Å². The number of nitrogens with zero attached hydrogens (tertiary/aromatic N) is 1. The lowest BCUT2D eigenvalue weighted by molar-refractivity contribution is -0.870. The second-order valence-corrected chi connectivity index (χ2v) is 24.5. The highest BCUT2D eigenvalue weighted by Crippen LogP contribution is 2.38. The summed E-state index contributed by atoms with van der Waals surface area (Å²) in [6, 6.07) is 0. The van der Waals surface area contributed by atoms with Crippen molar-refractivity contribution in [1.29, 1.82) is 0 Å². The van der Waals surface area contributed by atoms with Crippen molar-refractivity contribution in [1.82, 2.24) is 0 Å². The van der Waals surface area contributed by atoms with E-state index in [-0.39, 0.29) is 32.0 Å². The number of phosphoric acid groups is 1. The molecule has 2 atom stereocenters. The van der Waals surface area contributed by atoms with Crippen LogP contribution >= 0.6 is 7.82 Å². The number of quaternary nitrogens is 1. The first-order valence-electron chi connectivity index (χ1n) is 32.8. The van der Waals surface area contributed by atoms with Gasteiger partial charge in [0.25, 0.3) is 7.82 Å². The highest BCUT2D eigenvalue weighted by Gasteiger charge is 2.22. The first-order chi connectivity index (χ1) is 38.5. The first-order valence-corrected chi connectivity index (χ1v) is 34.3. The lowest BCUT2D eigenvalue weighted by atomic mass is 10.0. The molecule has 0 rings (SSSR count). The number of carbonyl (C=O) groups is 2. The quantitative estimate of drug-likeness (QED) is 0.0195. The van der Waals surface area contributed by atoms with Crippen molar-refractivity contribution < 1.29 is 42.1 Å². The predicted molar refractivity (Wildman–Crippen MR) is 337 cm³/mol. The van der Waals surface area contributed by atoms with Crippen molar-refractivity contribution in [3.8, 4) is 0 Å². The summed E-state index contributed by atoms with van der Waals surface area (Å²) in [6.45, 7) is 4.13. The fourth-order valence-corrected chi connectivity index (χ4v) is 9.90. The molecule has 0 bridgehead atoms. The third-order valence-corrected chi connectivity index (χ3v) is 15.1. The third-order valence-electron chi connectivity index (χ3n) is 14.2. The second-order valence-electron chi connectivity index (χ2n) is 23.1.